The smallest absolute Gasteiger partial charge is 0.0637 e. The van der Waals surface area contributed by atoms with Crippen LogP contribution in [0.2, 0.25) is 5.02 Å². The molecule has 3 heteroatoms. The lowest BCUT2D eigenvalue weighted by Gasteiger charge is -2.36. The van der Waals surface area contributed by atoms with Gasteiger partial charge in [0.05, 0.1) is 10.7 Å². The minimum Gasteiger partial charge on any atom is -0.381 e. The number of nitrogens with one attached hydrogen (secondary N) is 1. The molecule has 0 aromatic heterocycles. The number of hydrogen-bond donors (Lipinski definition) is 1. The van der Waals surface area contributed by atoms with Crippen molar-refractivity contribution in [2.75, 3.05) is 25.0 Å². The summed E-state index contributed by atoms with van der Waals surface area (Å²) in [6.45, 7) is 10.4. The third kappa shape index (κ3) is 4.13. The molecule has 2 nitrogen and oxygen atoms in total. The highest BCUT2D eigenvalue weighted by atomic mass is 35.5. The maximum Gasteiger partial charge on any atom is 0.0637 e. The second kappa shape index (κ2) is 7.33. The van der Waals surface area contributed by atoms with Gasteiger partial charge in [-0.05, 0) is 69.8 Å². The zero-order valence-corrected chi connectivity index (χ0v) is 13.7. The molecule has 0 aliphatic carbocycles. The highest BCUT2D eigenvalue weighted by Gasteiger charge is 2.24. The summed E-state index contributed by atoms with van der Waals surface area (Å²) in [7, 11) is 0. The van der Waals surface area contributed by atoms with Crippen molar-refractivity contribution in [1.29, 1.82) is 0 Å². The van der Waals surface area contributed by atoms with Gasteiger partial charge in [-0.2, -0.15) is 0 Å². The van der Waals surface area contributed by atoms with Crippen LogP contribution >= 0.6 is 11.6 Å². The third-order valence-corrected chi connectivity index (χ3v) is 4.62. The van der Waals surface area contributed by atoms with Crippen molar-refractivity contribution in [3.05, 3.63) is 28.8 Å². The Morgan fingerprint density at radius 2 is 2.25 bits per heavy atom. The van der Waals surface area contributed by atoms with E-state index in [-0.39, 0.29) is 0 Å². The SMILES string of the molecule is CCCN1CCCC(C(C)Nc2cc(C)ccc2Cl)C1. The summed E-state index contributed by atoms with van der Waals surface area (Å²) in [5.74, 6) is 0.715. The van der Waals surface area contributed by atoms with E-state index in [1.807, 2.05) is 6.07 Å². The van der Waals surface area contributed by atoms with Crippen molar-refractivity contribution in [3.8, 4) is 0 Å². The largest absolute Gasteiger partial charge is 0.381 e. The number of likely N-dealkylation sites (tertiary alicyclic amines) is 1. The van der Waals surface area contributed by atoms with Gasteiger partial charge in [0.1, 0.15) is 0 Å². The fourth-order valence-electron chi connectivity index (χ4n) is 3.13. The van der Waals surface area contributed by atoms with E-state index in [9.17, 15) is 0 Å². The average molecular weight is 295 g/mol. The lowest BCUT2D eigenvalue weighted by atomic mass is 9.91. The first-order valence-electron chi connectivity index (χ1n) is 7.85. The number of halogens is 1. The molecule has 0 radical (unpaired) electrons. The molecular formula is C17H27ClN2. The Morgan fingerprint density at radius 3 is 3.00 bits per heavy atom. The van der Waals surface area contributed by atoms with Crippen LogP contribution in [-0.2, 0) is 0 Å². The molecule has 0 bridgehead atoms. The molecule has 0 amide bonds. The summed E-state index contributed by atoms with van der Waals surface area (Å²) in [5, 5.41) is 4.45. The Hall–Kier alpha value is -0.730. The minimum absolute atomic E-state index is 0.467. The van der Waals surface area contributed by atoms with E-state index < -0.39 is 0 Å². The molecule has 2 rings (SSSR count). The predicted molar refractivity (Wildman–Crippen MR) is 88.7 cm³/mol. The molecular weight excluding hydrogens is 268 g/mol. The summed E-state index contributed by atoms with van der Waals surface area (Å²) < 4.78 is 0. The standard InChI is InChI=1S/C17H27ClN2/c1-4-9-20-10-5-6-15(12-20)14(3)19-17-11-13(2)7-8-16(17)18/h7-8,11,14-15,19H,4-6,9-10,12H2,1-3H3. The van der Waals surface area contributed by atoms with Crippen LogP contribution in [0.1, 0.15) is 38.7 Å². The number of aryl methyl sites for hydroxylation is 1. The van der Waals surface area contributed by atoms with Crippen molar-refractivity contribution in [2.45, 2.75) is 46.1 Å². The maximum atomic E-state index is 6.28. The van der Waals surface area contributed by atoms with E-state index in [1.165, 1.54) is 44.5 Å². The zero-order valence-electron chi connectivity index (χ0n) is 13.0. The van der Waals surface area contributed by atoms with E-state index >= 15 is 0 Å². The van der Waals surface area contributed by atoms with E-state index in [1.54, 1.807) is 0 Å². The fourth-order valence-corrected chi connectivity index (χ4v) is 3.30. The van der Waals surface area contributed by atoms with E-state index in [0.717, 1.165) is 10.7 Å². The predicted octanol–water partition coefficient (Wildman–Crippen LogP) is 4.57. The van der Waals surface area contributed by atoms with Crippen molar-refractivity contribution >= 4 is 17.3 Å². The van der Waals surface area contributed by atoms with Crippen LogP contribution in [-0.4, -0.2) is 30.6 Å². The second-order valence-electron chi connectivity index (χ2n) is 6.12. The first-order valence-corrected chi connectivity index (χ1v) is 8.23. The molecule has 1 fully saturated rings. The molecule has 20 heavy (non-hydrogen) atoms. The van der Waals surface area contributed by atoms with Crippen molar-refractivity contribution in [3.63, 3.8) is 0 Å². The Balaban J connectivity index is 1.96. The molecule has 1 aliphatic heterocycles. The van der Waals surface area contributed by atoms with E-state index in [4.69, 9.17) is 11.6 Å². The Kier molecular flexibility index (Phi) is 5.74. The molecule has 1 aromatic carbocycles. The highest BCUT2D eigenvalue weighted by molar-refractivity contribution is 6.33. The average Bonchev–Trinajstić information content (AvgIpc) is 2.43. The molecule has 1 saturated heterocycles. The Labute approximate surface area is 128 Å². The van der Waals surface area contributed by atoms with Crippen LogP contribution in [0.15, 0.2) is 18.2 Å². The minimum atomic E-state index is 0.467. The fraction of sp³-hybridized carbons (Fsp3) is 0.647. The molecule has 112 valence electrons. The van der Waals surface area contributed by atoms with Gasteiger partial charge >= 0.3 is 0 Å². The van der Waals surface area contributed by atoms with E-state index in [2.05, 4.69) is 43.1 Å². The molecule has 2 atom stereocenters. The van der Waals surface area contributed by atoms with Crippen LogP contribution < -0.4 is 5.32 Å². The van der Waals surface area contributed by atoms with Gasteiger partial charge in [-0.1, -0.05) is 24.6 Å². The van der Waals surface area contributed by atoms with E-state index in [0.29, 0.717) is 12.0 Å². The summed E-state index contributed by atoms with van der Waals surface area (Å²) in [5.41, 5.74) is 2.33. The number of anilines is 1. The van der Waals surface area contributed by atoms with Gasteiger partial charge in [0, 0.05) is 12.6 Å². The Morgan fingerprint density at radius 1 is 1.45 bits per heavy atom. The second-order valence-corrected chi connectivity index (χ2v) is 6.53. The highest BCUT2D eigenvalue weighted by Crippen LogP contribution is 2.27. The number of rotatable bonds is 5. The number of benzene rings is 1. The Bertz CT molecular complexity index is 431. The van der Waals surface area contributed by atoms with Gasteiger partial charge in [0.15, 0.2) is 0 Å². The van der Waals surface area contributed by atoms with Crippen molar-refractivity contribution in [1.82, 2.24) is 4.90 Å². The van der Waals surface area contributed by atoms with Gasteiger partial charge in [0.2, 0.25) is 0 Å². The molecule has 0 saturated carbocycles. The monoisotopic (exact) mass is 294 g/mol. The van der Waals surface area contributed by atoms with Crippen LogP contribution in [0.3, 0.4) is 0 Å². The quantitative estimate of drug-likeness (QED) is 0.856. The van der Waals surface area contributed by atoms with Gasteiger partial charge in [-0.3, -0.25) is 0 Å². The molecule has 1 aliphatic rings. The molecule has 0 spiro atoms. The third-order valence-electron chi connectivity index (χ3n) is 4.29. The first-order chi connectivity index (χ1) is 9.60. The van der Waals surface area contributed by atoms with Crippen molar-refractivity contribution < 1.29 is 0 Å². The van der Waals surface area contributed by atoms with Gasteiger partial charge in [-0.25, -0.2) is 0 Å². The topological polar surface area (TPSA) is 15.3 Å². The first kappa shape index (κ1) is 15.7. The molecule has 2 unspecified atom stereocenters. The summed E-state index contributed by atoms with van der Waals surface area (Å²) in [6, 6.07) is 6.65. The zero-order chi connectivity index (χ0) is 14.5. The van der Waals surface area contributed by atoms with Gasteiger partial charge in [-0.15, -0.1) is 0 Å². The normalized spacial score (nSPS) is 21.7. The summed E-state index contributed by atoms with van der Waals surface area (Å²) >= 11 is 6.28. The van der Waals surface area contributed by atoms with Crippen LogP contribution in [0.25, 0.3) is 0 Å². The molecule has 1 N–H and O–H groups in total. The number of hydrogen-bond acceptors (Lipinski definition) is 2. The molecule has 1 aromatic rings. The van der Waals surface area contributed by atoms with Crippen LogP contribution in [0.4, 0.5) is 5.69 Å². The lowest BCUT2D eigenvalue weighted by Crippen LogP contribution is -2.42. The van der Waals surface area contributed by atoms with Crippen LogP contribution in [0.5, 0.6) is 0 Å². The van der Waals surface area contributed by atoms with Gasteiger partial charge < -0.3 is 10.2 Å². The molecule has 1 heterocycles. The lowest BCUT2D eigenvalue weighted by molar-refractivity contribution is 0.165. The van der Waals surface area contributed by atoms with Crippen molar-refractivity contribution in [2.24, 2.45) is 5.92 Å². The number of nitrogens with zero attached hydrogens (tertiary/aromatic N) is 1. The summed E-state index contributed by atoms with van der Waals surface area (Å²) in [6.07, 6.45) is 3.88. The summed E-state index contributed by atoms with van der Waals surface area (Å²) in [4.78, 5) is 2.60. The number of piperidine rings is 1. The van der Waals surface area contributed by atoms with Gasteiger partial charge in [0.25, 0.3) is 0 Å². The van der Waals surface area contributed by atoms with Crippen LogP contribution in [0, 0.1) is 12.8 Å². The maximum absolute atomic E-state index is 6.28.